The van der Waals surface area contributed by atoms with Gasteiger partial charge in [0, 0.05) is 11.4 Å². The molecule has 2 aromatic carbocycles. The molecule has 0 aliphatic heterocycles. The topological polar surface area (TPSA) is 76.2 Å². The molecule has 0 saturated heterocycles. The zero-order valence-electron chi connectivity index (χ0n) is 10.5. The van der Waals surface area contributed by atoms with Crippen LogP contribution in [-0.4, -0.2) is 4.92 Å². The van der Waals surface area contributed by atoms with Crippen molar-refractivity contribution in [3.63, 3.8) is 0 Å². The number of nitrogens with zero attached hydrogens (tertiary/aromatic N) is 2. The average Bonchev–Trinajstić information content (AvgIpc) is 2.49. The molecule has 0 N–H and O–H groups in total. The van der Waals surface area contributed by atoms with Crippen LogP contribution in [0.25, 0.3) is 0 Å². The van der Waals surface area contributed by atoms with Crippen LogP contribution in [0.1, 0.15) is 11.1 Å². The molecule has 106 valence electrons. The number of rotatable bonds is 4. The summed E-state index contributed by atoms with van der Waals surface area (Å²) in [6.45, 7) is 0. The number of halogens is 2. The van der Waals surface area contributed by atoms with Gasteiger partial charge < -0.3 is 4.74 Å². The normalized spacial score (nSPS) is 9.95. The summed E-state index contributed by atoms with van der Waals surface area (Å²) in [5, 5.41) is 20.6. The van der Waals surface area contributed by atoms with Crippen molar-refractivity contribution in [1.29, 1.82) is 5.26 Å². The summed E-state index contributed by atoms with van der Waals surface area (Å²) in [6, 6.07) is 11.4. The summed E-state index contributed by atoms with van der Waals surface area (Å²) < 4.78 is 6.28. The predicted molar refractivity (Wildman–Crippen MR) is 84.7 cm³/mol. The minimum atomic E-state index is -0.572. The monoisotopic (exact) mass is 410 g/mol. The van der Waals surface area contributed by atoms with Crippen molar-refractivity contribution in [2.75, 3.05) is 0 Å². The fraction of sp³-hybridized carbons (Fsp3) is 0.0714. The maximum atomic E-state index is 11.1. The first-order chi connectivity index (χ1) is 10.0. The molecule has 7 heteroatoms. The van der Waals surface area contributed by atoms with Gasteiger partial charge in [-0.3, -0.25) is 10.1 Å². The van der Waals surface area contributed by atoms with Gasteiger partial charge in [-0.05, 0) is 45.8 Å². The first kappa shape index (κ1) is 15.5. The van der Waals surface area contributed by atoms with E-state index < -0.39 is 4.92 Å². The largest absolute Gasteiger partial charge is 0.449 e. The van der Waals surface area contributed by atoms with Gasteiger partial charge in [0.2, 0.25) is 5.75 Å². The number of hydrogen-bond acceptors (Lipinski definition) is 4. The lowest BCUT2D eigenvalue weighted by Gasteiger charge is -2.09. The fourth-order valence-electron chi connectivity index (χ4n) is 1.64. The molecule has 0 aromatic heterocycles. The van der Waals surface area contributed by atoms with Crippen molar-refractivity contribution in [1.82, 2.24) is 0 Å². The zero-order chi connectivity index (χ0) is 15.4. The summed E-state index contributed by atoms with van der Waals surface area (Å²) in [6.07, 6.45) is 0. The van der Waals surface area contributed by atoms with Gasteiger partial charge in [-0.15, -0.1) is 0 Å². The van der Waals surface area contributed by atoms with Gasteiger partial charge in [-0.1, -0.05) is 22.0 Å². The van der Waals surface area contributed by atoms with E-state index in [1.54, 1.807) is 6.07 Å². The van der Waals surface area contributed by atoms with Gasteiger partial charge in [0.05, 0.1) is 21.0 Å². The van der Waals surface area contributed by atoms with Crippen LogP contribution < -0.4 is 4.74 Å². The Morgan fingerprint density at radius 3 is 2.52 bits per heavy atom. The molecule has 0 radical (unpaired) electrons. The molecule has 0 heterocycles. The number of alkyl halides is 1. The van der Waals surface area contributed by atoms with Crippen LogP contribution in [0.2, 0.25) is 0 Å². The highest BCUT2D eigenvalue weighted by Crippen LogP contribution is 2.36. The van der Waals surface area contributed by atoms with E-state index in [9.17, 15) is 10.1 Å². The first-order valence-corrected chi connectivity index (χ1v) is 7.67. The van der Waals surface area contributed by atoms with E-state index in [0.717, 1.165) is 5.56 Å². The Morgan fingerprint density at radius 2 is 1.95 bits per heavy atom. The smallest absolute Gasteiger partial charge is 0.312 e. The molecule has 0 aliphatic carbocycles. The summed E-state index contributed by atoms with van der Waals surface area (Å²) >= 11 is 6.72. The van der Waals surface area contributed by atoms with E-state index in [2.05, 4.69) is 31.9 Å². The van der Waals surface area contributed by atoms with Crippen molar-refractivity contribution in [3.8, 4) is 17.6 Å². The SMILES string of the molecule is N#Cc1ccc(Oc2ccc(CBr)cc2Br)c([N+](=O)[O-])c1. The van der Waals surface area contributed by atoms with Crippen LogP contribution in [0, 0.1) is 21.4 Å². The number of benzene rings is 2. The highest BCUT2D eigenvalue weighted by molar-refractivity contribution is 9.10. The van der Waals surface area contributed by atoms with Crippen molar-refractivity contribution >= 4 is 37.5 Å². The summed E-state index contributed by atoms with van der Waals surface area (Å²) in [5.74, 6) is 0.554. The summed E-state index contributed by atoms with van der Waals surface area (Å²) in [4.78, 5) is 10.5. The molecule has 0 bridgehead atoms. The highest BCUT2D eigenvalue weighted by Gasteiger charge is 2.17. The third-order valence-corrected chi connectivity index (χ3v) is 3.92. The molecular weight excluding hydrogens is 404 g/mol. The molecule has 0 unspecified atom stereocenters. The third kappa shape index (κ3) is 3.60. The van der Waals surface area contributed by atoms with Gasteiger partial charge in [-0.2, -0.15) is 5.26 Å². The Hall–Kier alpha value is -1.91. The molecule has 2 aromatic rings. The molecule has 0 spiro atoms. The lowest BCUT2D eigenvalue weighted by molar-refractivity contribution is -0.385. The van der Waals surface area contributed by atoms with Crippen LogP contribution in [0.4, 0.5) is 5.69 Å². The third-order valence-electron chi connectivity index (χ3n) is 2.66. The molecule has 0 fully saturated rings. The molecule has 0 saturated carbocycles. The van der Waals surface area contributed by atoms with Gasteiger partial charge in [0.1, 0.15) is 5.75 Å². The van der Waals surface area contributed by atoms with Crippen molar-refractivity contribution in [2.45, 2.75) is 5.33 Å². The quantitative estimate of drug-likeness (QED) is 0.406. The number of nitriles is 1. The molecule has 0 amide bonds. The van der Waals surface area contributed by atoms with Crippen LogP contribution in [0.15, 0.2) is 40.9 Å². The van der Waals surface area contributed by atoms with E-state index in [1.165, 1.54) is 18.2 Å². The second-order valence-corrected chi connectivity index (χ2v) is 5.47. The van der Waals surface area contributed by atoms with Gasteiger partial charge in [-0.25, -0.2) is 0 Å². The second-order valence-electron chi connectivity index (χ2n) is 4.05. The van der Waals surface area contributed by atoms with E-state index in [-0.39, 0.29) is 17.0 Å². The van der Waals surface area contributed by atoms with E-state index in [1.807, 2.05) is 18.2 Å². The van der Waals surface area contributed by atoms with Crippen LogP contribution in [-0.2, 0) is 5.33 Å². The first-order valence-electron chi connectivity index (χ1n) is 5.76. The fourth-order valence-corrected chi connectivity index (χ4v) is 2.50. The standard InChI is InChI=1S/C14H8Br2N2O3/c15-7-9-1-3-13(11(16)5-9)21-14-4-2-10(8-17)6-12(14)18(19)20/h1-6H,7H2. The van der Waals surface area contributed by atoms with E-state index in [4.69, 9.17) is 10.00 Å². The van der Waals surface area contributed by atoms with Crippen molar-refractivity contribution < 1.29 is 9.66 Å². The molecule has 0 aliphatic rings. The predicted octanol–water partition coefficient (Wildman–Crippen LogP) is 4.92. The molecular formula is C14H8Br2N2O3. The lowest BCUT2D eigenvalue weighted by Crippen LogP contribution is -1.95. The number of nitro benzene ring substituents is 1. The van der Waals surface area contributed by atoms with Crippen LogP contribution in [0.5, 0.6) is 11.5 Å². The Labute approximate surface area is 137 Å². The van der Waals surface area contributed by atoms with E-state index in [0.29, 0.717) is 15.6 Å². The Kier molecular flexibility index (Phi) is 4.94. The molecule has 21 heavy (non-hydrogen) atoms. The van der Waals surface area contributed by atoms with Gasteiger partial charge in [0.15, 0.2) is 0 Å². The van der Waals surface area contributed by atoms with Crippen molar-refractivity contribution in [3.05, 3.63) is 62.1 Å². The second kappa shape index (κ2) is 6.70. The Balaban J connectivity index is 2.40. The van der Waals surface area contributed by atoms with Gasteiger partial charge >= 0.3 is 5.69 Å². The minimum Gasteiger partial charge on any atom is -0.449 e. The minimum absolute atomic E-state index is 0.0892. The number of ether oxygens (including phenoxy) is 1. The lowest BCUT2D eigenvalue weighted by atomic mass is 10.2. The number of nitro groups is 1. The maximum Gasteiger partial charge on any atom is 0.312 e. The molecule has 2 rings (SSSR count). The molecule has 0 atom stereocenters. The van der Waals surface area contributed by atoms with Crippen LogP contribution >= 0.6 is 31.9 Å². The van der Waals surface area contributed by atoms with Gasteiger partial charge in [0.25, 0.3) is 0 Å². The van der Waals surface area contributed by atoms with Crippen LogP contribution in [0.3, 0.4) is 0 Å². The molecule has 5 nitrogen and oxygen atoms in total. The van der Waals surface area contributed by atoms with E-state index >= 15 is 0 Å². The van der Waals surface area contributed by atoms with Crippen molar-refractivity contribution in [2.24, 2.45) is 0 Å². The Morgan fingerprint density at radius 1 is 1.24 bits per heavy atom. The number of hydrogen-bond donors (Lipinski definition) is 0. The average molecular weight is 412 g/mol. The summed E-state index contributed by atoms with van der Waals surface area (Å²) in [7, 11) is 0. The maximum absolute atomic E-state index is 11.1. The zero-order valence-corrected chi connectivity index (χ0v) is 13.7. The highest BCUT2D eigenvalue weighted by atomic mass is 79.9. The Bertz CT molecular complexity index is 741. The summed E-state index contributed by atoms with van der Waals surface area (Å²) in [5.41, 5.74) is 1.01.